The van der Waals surface area contributed by atoms with Gasteiger partial charge in [-0.25, -0.2) is 15.0 Å². The third-order valence-electron chi connectivity index (χ3n) is 10.4. The molecular weight excluding hydrogens is 643 g/mol. The van der Waals surface area contributed by atoms with Gasteiger partial charge in [-0.1, -0.05) is 140 Å². The number of nitrogens with zero attached hydrogens (tertiary/aromatic N) is 3. The maximum atomic E-state index is 6.65. The van der Waals surface area contributed by atoms with Gasteiger partial charge >= 0.3 is 0 Å². The lowest BCUT2D eigenvalue weighted by Gasteiger charge is -2.39. The molecule has 1 aliphatic carbocycles. The Balaban J connectivity index is 1.32. The first kappa shape index (κ1) is 28.4. The van der Waals surface area contributed by atoms with Crippen molar-refractivity contribution in [2.75, 3.05) is 0 Å². The molecule has 0 radical (unpaired) electrons. The van der Waals surface area contributed by atoms with E-state index in [4.69, 9.17) is 19.7 Å². The van der Waals surface area contributed by atoms with Crippen molar-refractivity contribution in [3.05, 3.63) is 186 Å². The van der Waals surface area contributed by atoms with Crippen LogP contribution in [0, 0.1) is 0 Å². The van der Waals surface area contributed by atoms with Crippen molar-refractivity contribution < 1.29 is 4.74 Å². The summed E-state index contributed by atoms with van der Waals surface area (Å²) in [5, 5.41) is 2.47. The topological polar surface area (TPSA) is 47.9 Å². The Morgan fingerprint density at radius 3 is 1.65 bits per heavy atom. The van der Waals surface area contributed by atoms with Crippen LogP contribution in [0.4, 0.5) is 0 Å². The molecule has 2 aliphatic rings. The first-order valence-electron chi connectivity index (χ1n) is 17.1. The van der Waals surface area contributed by atoms with Gasteiger partial charge in [-0.05, 0) is 46.5 Å². The first-order chi connectivity index (χ1) is 25.3. The summed E-state index contributed by atoms with van der Waals surface area (Å²) < 4.78 is 9.05. The Kier molecular flexibility index (Phi) is 6.01. The molecule has 5 heteroatoms. The van der Waals surface area contributed by atoms with Gasteiger partial charge in [-0.2, -0.15) is 0 Å². The molecule has 11 rings (SSSR count). The highest BCUT2D eigenvalue weighted by Gasteiger charge is 2.52. The molecule has 0 N–H and O–H groups in total. The number of hydrogen-bond donors (Lipinski definition) is 0. The van der Waals surface area contributed by atoms with Gasteiger partial charge in [0.15, 0.2) is 17.5 Å². The van der Waals surface area contributed by atoms with E-state index in [9.17, 15) is 0 Å². The average molecular weight is 670 g/mol. The van der Waals surface area contributed by atoms with E-state index in [1.165, 1.54) is 42.4 Å². The molecule has 0 saturated heterocycles. The summed E-state index contributed by atoms with van der Waals surface area (Å²) in [5.41, 5.74) is 9.49. The van der Waals surface area contributed by atoms with Crippen LogP contribution in [0.1, 0.15) is 22.3 Å². The summed E-state index contributed by atoms with van der Waals surface area (Å²) in [6.45, 7) is 0. The monoisotopic (exact) mass is 669 g/mol. The molecule has 4 nitrogen and oxygen atoms in total. The van der Waals surface area contributed by atoms with Crippen LogP contribution < -0.4 is 4.74 Å². The molecule has 9 aromatic rings. The quantitative estimate of drug-likeness (QED) is 0.188. The SMILES string of the molecule is c1ccc(-c2nc(-c3ccccc3)nc(-c3cc4c(c5c3sc3ccccc35)-c3ccccc3C43c4ccccc4Oc4ccccc43)n2)cc1. The smallest absolute Gasteiger partial charge is 0.165 e. The zero-order valence-electron chi connectivity index (χ0n) is 27.2. The Hall–Kier alpha value is -6.43. The largest absolute Gasteiger partial charge is 0.457 e. The lowest BCUT2D eigenvalue weighted by atomic mass is 9.66. The van der Waals surface area contributed by atoms with Crippen LogP contribution in [0.25, 0.3) is 65.5 Å². The fraction of sp³-hybridized carbons (Fsp3) is 0.0217. The molecule has 0 unspecified atom stereocenters. The molecule has 2 aromatic heterocycles. The average Bonchev–Trinajstić information content (AvgIpc) is 3.72. The van der Waals surface area contributed by atoms with E-state index >= 15 is 0 Å². The van der Waals surface area contributed by atoms with Crippen LogP contribution in [-0.2, 0) is 5.41 Å². The lowest BCUT2D eigenvalue weighted by Crippen LogP contribution is -2.32. The second-order valence-corrected chi connectivity index (χ2v) is 14.1. The van der Waals surface area contributed by atoms with Gasteiger partial charge in [0.25, 0.3) is 0 Å². The molecule has 238 valence electrons. The van der Waals surface area contributed by atoms with Gasteiger partial charge in [0, 0.05) is 48.0 Å². The van der Waals surface area contributed by atoms with Crippen LogP contribution in [0.2, 0.25) is 0 Å². The number of rotatable bonds is 3. The third-order valence-corrected chi connectivity index (χ3v) is 11.6. The van der Waals surface area contributed by atoms with Crippen molar-refractivity contribution >= 4 is 31.5 Å². The highest BCUT2D eigenvalue weighted by molar-refractivity contribution is 7.26. The van der Waals surface area contributed by atoms with Gasteiger partial charge in [0.2, 0.25) is 0 Å². The first-order valence-corrected chi connectivity index (χ1v) is 17.9. The Bertz CT molecular complexity index is 2740. The Morgan fingerprint density at radius 1 is 0.451 bits per heavy atom. The standard InChI is InChI=1S/C46H27N3OS/c1-3-15-28(16-4-1)43-47-44(29-17-5-2-6-18-29)49-45(48-43)32-27-36-40(41-31-20-8-14-26-39(31)51-42(32)41)30-19-7-9-21-33(30)46(36)34-22-10-12-24-37(34)50-38-25-13-11-23-35(38)46/h1-27H. The minimum Gasteiger partial charge on any atom is -0.457 e. The van der Waals surface area contributed by atoms with Crippen molar-refractivity contribution in [1.29, 1.82) is 0 Å². The summed E-state index contributed by atoms with van der Waals surface area (Å²) in [5.74, 6) is 3.69. The van der Waals surface area contributed by atoms with E-state index in [0.29, 0.717) is 17.5 Å². The highest BCUT2D eigenvalue weighted by Crippen LogP contribution is 2.64. The van der Waals surface area contributed by atoms with E-state index < -0.39 is 5.41 Å². The molecule has 1 spiro atoms. The minimum atomic E-state index is -0.624. The molecule has 51 heavy (non-hydrogen) atoms. The van der Waals surface area contributed by atoms with E-state index in [1.54, 1.807) is 0 Å². The second kappa shape index (κ2) is 10.8. The lowest BCUT2D eigenvalue weighted by molar-refractivity contribution is 0.436. The van der Waals surface area contributed by atoms with Gasteiger partial charge in [0.05, 0.1) is 5.41 Å². The Morgan fingerprint density at radius 2 is 0.980 bits per heavy atom. The van der Waals surface area contributed by atoms with Crippen molar-refractivity contribution in [3.8, 4) is 56.8 Å². The molecule has 3 heterocycles. The van der Waals surface area contributed by atoms with E-state index in [1.807, 2.05) is 47.7 Å². The van der Waals surface area contributed by atoms with Crippen LogP contribution in [0.15, 0.2) is 164 Å². The molecule has 0 fully saturated rings. The number of fused-ring (bicyclic) bond motifs is 13. The predicted octanol–water partition coefficient (Wildman–Crippen LogP) is 11.7. The van der Waals surface area contributed by atoms with Gasteiger partial charge < -0.3 is 4.74 Å². The molecule has 0 amide bonds. The van der Waals surface area contributed by atoms with Crippen molar-refractivity contribution in [2.45, 2.75) is 5.41 Å². The van der Waals surface area contributed by atoms with Crippen LogP contribution in [0.5, 0.6) is 11.5 Å². The molecule has 1 aliphatic heterocycles. The summed E-state index contributed by atoms with van der Waals surface area (Å²) in [6.07, 6.45) is 0. The predicted molar refractivity (Wildman–Crippen MR) is 206 cm³/mol. The normalized spacial score (nSPS) is 13.4. The van der Waals surface area contributed by atoms with Gasteiger partial charge in [-0.3, -0.25) is 0 Å². The Labute approximate surface area is 298 Å². The minimum absolute atomic E-state index is 0.624. The summed E-state index contributed by atoms with van der Waals surface area (Å²) in [6, 6.07) is 57.5. The number of hydrogen-bond acceptors (Lipinski definition) is 5. The number of thiophene rings is 1. The van der Waals surface area contributed by atoms with E-state index in [-0.39, 0.29) is 0 Å². The van der Waals surface area contributed by atoms with Crippen LogP contribution in [0.3, 0.4) is 0 Å². The molecule has 0 atom stereocenters. The maximum absolute atomic E-state index is 6.65. The maximum Gasteiger partial charge on any atom is 0.165 e. The molecule has 0 saturated carbocycles. The summed E-state index contributed by atoms with van der Waals surface area (Å²) in [4.78, 5) is 15.6. The van der Waals surface area contributed by atoms with Crippen LogP contribution >= 0.6 is 11.3 Å². The number of ether oxygens (including phenoxy) is 1. The zero-order valence-corrected chi connectivity index (χ0v) is 28.1. The highest BCUT2D eigenvalue weighted by atomic mass is 32.1. The zero-order chi connectivity index (χ0) is 33.5. The number of aromatic nitrogens is 3. The van der Waals surface area contributed by atoms with Crippen LogP contribution in [-0.4, -0.2) is 15.0 Å². The second-order valence-electron chi connectivity index (χ2n) is 13.1. The third kappa shape index (κ3) is 3.98. The summed E-state index contributed by atoms with van der Waals surface area (Å²) in [7, 11) is 0. The molecule has 0 bridgehead atoms. The van der Waals surface area contributed by atoms with Crippen molar-refractivity contribution in [1.82, 2.24) is 15.0 Å². The molecular formula is C46H27N3OS. The number of para-hydroxylation sites is 2. The fourth-order valence-corrected chi connectivity index (χ4v) is 9.54. The fourth-order valence-electron chi connectivity index (χ4n) is 8.32. The van der Waals surface area contributed by atoms with E-state index in [0.717, 1.165) is 39.3 Å². The summed E-state index contributed by atoms with van der Waals surface area (Å²) >= 11 is 1.81. The van der Waals surface area contributed by atoms with Gasteiger partial charge in [-0.15, -0.1) is 11.3 Å². The van der Waals surface area contributed by atoms with Crippen molar-refractivity contribution in [3.63, 3.8) is 0 Å². The van der Waals surface area contributed by atoms with Gasteiger partial charge in [0.1, 0.15) is 11.5 Å². The van der Waals surface area contributed by atoms with E-state index in [2.05, 4.69) is 127 Å². The molecule has 7 aromatic carbocycles. The number of benzene rings is 7. The van der Waals surface area contributed by atoms with Crippen molar-refractivity contribution in [2.24, 2.45) is 0 Å².